The van der Waals surface area contributed by atoms with Crippen molar-refractivity contribution in [3.05, 3.63) is 71.6 Å². The molecule has 138 valence electrons. The topological polar surface area (TPSA) is 74.5 Å². The normalized spacial score (nSPS) is 12.1. The average molecular weight is 364 g/mol. The fraction of sp³-hybridized carbons (Fsp3) is 0.190. The smallest absolute Gasteiger partial charge is 0.331 e. The van der Waals surface area contributed by atoms with Gasteiger partial charge in [0, 0.05) is 11.6 Å². The Kier molecular flexibility index (Phi) is 5.66. The summed E-state index contributed by atoms with van der Waals surface area (Å²) in [6.07, 6.45) is 2.42. The predicted octanol–water partition coefficient (Wildman–Crippen LogP) is 4.37. The Balaban J connectivity index is 1.62. The maximum atomic E-state index is 12.0. The van der Waals surface area contributed by atoms with E-state index in [0.29, 0.717) is 5.89 Å². The van der Waals surface area contributed by atoms with Crippen molar-refractivity contribution in [2.45, 2.75) is 20.0 Å². The summed E-state index contributed by atoms with van der Waals surface area (Å²) in [6.45, 7) is 3.69. The van der Waals surface area contributed by atoms with Gasteiger partial charge in [0.2, 0.25) is 5.89 Å². The summed E-state index contributed by atoms with van der Waals surface area (Å²) in [4.78, 5) is 12.0. The molecule has 0 saturated heterocycles. The van der Waals surface area contributed by atoms with Gasteiger partial charge in [-0.3, -0.25) is 0 Å². The molecule has 0 fully saturated rings. The molecule has 0 N–H and O–H groups in total. The zero-order valence-corrected chi connectivity index (χ0v) is 15.4. The van der Waals surface area contributed by atoms with E-state index in [4.69, 9.17) is 13.9 Å². The van der Waals surface area contributed by atoms with E-state index in [1.807, 2.05) is 43.3 Å². The number of methoxy groups -OCH3 is 1. The highest BCUT2D eigenvalue weighted by Crippen LogP contribution is 2.24. The lowest BCUT2D eigenvalue weighted by Gasteiger charge is -2.06. The van der Waals surface area contributed by atoms with Crippen molar-refractivity contribution in [1.82, 2.24) is 10.2 Å². The molecule has 0 aliphatic carbocycles. The van der Waals surface area contributed by atoms with E-state index in [1.54, 1.807) is 32.2 Å². The van der Waals surface area contributed by atoms with Crippen molar-refractivity contribution in [1.29, 1.82) is 0 Å². The Morgan fingerprint density at radius 2 is 1.78 bits per heavy atom. The summed E-state index contributed by atoms with van der Waals surface area (Å²) in [5.41, 5.74) is 2.84. The zero-order chi connectivity index (χ0) is 19.2. The van der Waals surface area contributed by atoms with Crippen molar-refractivity contribution in [3.8, 4) is 17.2 Å². The first-order valence-corrected chi connectivity index (χ1v) is 8.48. The van der Waals surface area contributed by atoms with Crippen LogP contribution in [0.3, 0.4) is 0 Å². The van der Waals surface area contributed by atoms with Gasteiger partial charge in [-0.15, -0.1) is 10.2 Å². The number of rotatable bonds is 6. The molecule has 3 rings (SSSR count). The van der Waals surface area contributed by atoms with Gasteiger partial charge < -0.3 is 13.9 Å². The molecule has 6 heteroatoms. The van der Waals surface area contributed by atoms with Crippen LogP contribution in [0.4, 0.5) is 0 Å². The molecule has 1 heterocycles. The molecule has 0 amide bonds. The highest BCUT2D eigenvalue weighted by atomic mass is 16.6. The van der Waals surface area contributed by atoms with E-state index in [9.17, 15) is 4.79 Å². The lowest BCUT2D eigenvalue weighted by molar-refractivity contribution is -0.143. The van der Waals surface area contributed by atoms with Crippen LogP contribution in [0.2, 0.25) is 0 Å². The number of hydrogen-bond acceptors (Lipinski definition) is 6. The van der Waals surface area contributed by atoms with Gasteiger partial charge in [0.15, 0.2) is 6.10 Å². The van der Waals surface area contributed by atoms with Crippen molar-refractivity contribution < 1.29 is 18.7 Å². The molecule has 27 heavy (non-hydrogen) atoms. The lowest BCUT2D eigenvalue weighted by Crippen LogP contribution is -2.06. The summed E-state index contributed by atoms with van der Waals surface area (Å²) in [6, 6.07) is 15.1. The second kappa shape index (κ2) is 8.31. The fourth-order valence-electron chi connectivity index (χ4n) is 2.35. The summed E-state index contributed by atoms with van der Waals surface area (Å²) >= 11 is 0. The number of carbonyl (C=O) groups is 1. The monoisotopic (exact) mass is 364 g/mol. The van der Waals surface area contributed by atoms with E-state index in [-0.39, 0.29) is 5.89 Å². The van der Waals surface area contributed by atoms with Gasteiger partial charge in [-0.1, -0.05) is 29.8 Å². The highest BCUT2D eigenvalue weighted by Gasteiger charge is 2.18. The van der Waals surface area contributed by atoms with Crippen molar-refractivity contribution in [2.75, 3.05) is 7.11 Å². The lowest BCUT2D eigenvalue weighted by atomic mass is 10.1. The molecular formula is C21H20N2O4. The minimum atomic E-state index is -0.653. The first kappa shape index (κ1) is 18.4. The Labute approximate surface area is 157 Å². The quantitative estimate of drug-likeness (QED) is 0.477. The van der Waals surface area contributed by atoms with Crippen LogP contribution in [-0.4, -0.2) is 23.3 Å². The Morgan fingerprint density at radius 3 is 2.44 bits per heavy atom. The molecule has 6 nitrogen and oxygen atoms in total. The molecule has 0 saturated carbocycles. The van der Waals surface area contributed by atoms with E-state index >= 15 is 0 Å². The molecule has 1 aromatic heterocycles. The third kappa shape index (κ3) is 4.82. The second-order valence-electron chi connectivity index (χ2n) is 6.00. The summed E-state index contributed by atoms with van der Waals surface area (Å²) in [5.74, 6) is 0.845. The standard InChI is InChI=1S/C21H20N2O4/c1-14-4-6-16(7-5-14)8-13-19(24)26-15(2)20-22-23-21(27-20)17-9-11-18(25-3)12-10-17/h4-13,15H,1-3H3/b13-8+/t15-/m0/s1. The van der Waals surface area contributed by atoms with Crippen LogP contribution in [0.5, 0.6) is 5.75 Å². The van der Waals surface area contributed by atoms with E-state index < -0.39 is 12.1 Å². The van der Waals surface area contributed by atoms with Crippen molar-refractivity contribution in [2.24, 2.45) is 0 Å². The van der Waals surface area contributed by atoms with E-state index in [0.717, 1.165) is 22.4 Å². The number of nitrogens with zero attached hydrogens (tertiary/aromatic N) is 2. The number of carbonyl (C=O) groups excluding carboxylic acids is 1. The molecule has 3 aromatic rings. The Bertz CT molecular complexity index is 928. The number of aromatic nitrogens is 2. The predicted molar refractivity (Wildman–Crippen MR) is 101 cm³/mol. The van der Waals surface area contributed by atoms with Crippen LogP contribution in [0.1, 0.15) is 30.0 Å². The maximum Gasteiger partial charge on any atom is 0.331 e. The zero-order valence-electron chi connectivity index (χ0n) is 15.4. The molecule has 1 atom stereocenters. The number of esters is 1. The molecule has 0 aliphatic heterocycles. The Hall–Kier alpha value is -3.41. The summed E-state index contributed by atoms with van der Waals surface area (Å²) in [5, 5.41) is 7.97. The largest absolute Gasteiger partial charge is 0.497 e. The highest BCUT2D eigenvalue weighted by molar-refractivity contribution is 5.87. The fourth-order valence-corrected chi connectivity index (χ4v) is 2.35. The summed E-state index contributed by atoms with van der Waals surface area (Å²) in [7, 11) is 1.60. The Morgan fingerprint density at radius 1 is 1.07 bits per heavy atom. The molecular weight excluding hydrogens is 344 g/mol. The maximum absolute atomic E-state index is 12.0. The molecule has 0 radical (unpaired) electrons. The number of benzene rings is 2. The molecule has 0 bridgehead atoms. The first-order valence-electron chi connectivity index (χ1n) is 8.48. The second-order valence-corrected chi connectivity index (χ2v) is 6.00. The molecule has 0 aliphatic rings. The van der Waals surface area contributed by atoms with Crippen molar-refractivity contribution in [3.63, 3.8) is 0 Å². The minimum absolute atomic E-state index is 0.234. The first-order chi connectivity index (χ1) is 13.0. The van der Waals surface area contributed by atoms with Gasteiger partial charge >= 0.3 is 5.97 Å². The number of hydrogen-bond donors (Lipinski definition) is 0. The van der Waals surface area contributed by atoms with Crippen LogP contribution >= 0.6 is 0 Å². The van der Waals surface area contributed by atoms with Crippen molar-refractivity contribution >= 4 is 12.0 Å². The van der Waals surface area contributed by atoms with Gasteiger partial charge in [0.25, 0.3) is 5.89 Å². The van der Waals surface area contributed by atoms with Gasteiger partial charge in [-0.25, -0.2) is 4.79 Å². The molecule has 2 aromatic carbocycles. The summed E-state index contributed by atoms with van der Waals surface area (Å²) < 4.78 is 16.1. The van der Waals surface area contributed by atoms with Crippen LogP contribution in [0.25, 0.3) is 17.5 Å². The third-order valence-electron chi connectivity index (χ3n) is 3.91. The third-order valence-corrected chi connectivity index (χ3v) is 3.91. The minimum Gasteiger partial charge on any atom is -0.497 e. The van der Waals surface area contributed by atoms with Crippen LogP contribution in [0.15, 0.2) is 59.0 Å². The van der Waals surface area contributed by atoms with Crippen LogP contribution in [0, 0.1) is 6.92 Å². The number of ether oxygens (including phenoxy) is 2. The van der Waals surface area contributed by atoms with E-state index in [2.05, 4.69) is 10.2 Å². The van der Waals surface area contributed by atoms with Gasteiger partial charge in [-0.05, 0) is 49.8 Å². The number of aryl methyl sites for hydroxylation is 1. The molecule has 0 unspecified atom stereocenters. The van der Waals surface area contributed by atoms with Gasteiger partial charge in [0.05, 0.1) is 7.11 Å². The van der Waals surface area contributed by atoms with Crippen LogP contribution < -0.4 is 4.74 Å². The average Bonchev–Trinajstić information content (AvgIpc) is 3.18. The SMILES string of the molecule is COc1ccc(-c2nnc([C@H](C)OC(=O)/C=C/c3ccc(C)cc3)o2)cc1. The van der Waals surface area contributed by atoms with Crippen LogP contribution in [-0.2, 0) is 9.53 Å². The van der Waals surface area contributed by atoms with E-state index in [1.165, 1.54) is 6.08 Å². The van der Waals surface area contributed by atoms with Gasteiger partial charge in [0.1, 0.15) is 5.75 Å². The molecule has 0 spiro atoms. The van der Waals surface area contributed by atoms with Gasteiger partial charge in [-0.2, -0.15) is 0 Å².